The molecule has 294 valence electrons. The molecule has 2 aliphatic rings. The molecule has 15 nitrogen and oxygen atoms in total. The molecular formula is C38H55N3O12. The standard InChI is InChI=1S/C19H28N2O4.C15H19NO4.2CO2.2CH4/c1-14-10-16(20-17(22)25-19(2,3)4)12-21(11-14)18(23)24-13-15-8-6-5-7-9-15;1-11-7-13(14(17)18)9-16(8-11)15(19)20-10-12-5-3-2-4-6-12;2*2-1-3;;/h5-9,14,16H,10-13H2,1-4H3,(H,20,22);2-6,11,13H,7-10H2,1H3,(H,17,18);;;2*1H4. The first-order chi connectivity index (χ1) is 24.1. The van der Waals surface area contributed by atoms with Gasteiger partial charge in [-0.15, -0.1) is 0 Å². The highest BCUT2D eigenvalue weighted by molar-refractivity contribution is 5.73. The van der Waals surface area contributed by atoms with E-state index in [4.69, 9.17) is 38.5 Å². The van der Waals surface area contributed by atoms with Crippen molar-refractivity contribution in [2.75, 3.05) is 26.2 Å². The van der Waals surface area contributed by atoms with E-state index in [1.165, 1.54) is 4.90 Å². The molecule has 0 aromatic heterocycles. The second kappa shape index (κ2) is 26.3. The van der Waals surface area contributed by atoms with Crippen LogP contribution in [0.1, 0.15) is 73.4 Å². The van der Waals surface area contributed by atoms with Gasteiger partial charge in [0, 0.05) is 26.2 Å². The summed E-state index contributed by atoms with van der Waals surface area (Å²) in [4.78, 5) is 83.0. The van der Waals surface area contributed by atoms with Gasteiger partial charge in [0.05, 0.1) is 12.0 Å². The zero-order chi connectivity index (χ0) is 38.4. The molecule has 0 spiro atoms. The molecular weight excluding hydrogens is 690 g/mol. The number of alkyl carbamates (subject to hydrolysis) is 1. The lowest BCUT2D eigenvalue weighted by Gasteiger charge is -2.36. The Kier molecular flexibility index (Phi) is 24.6. The Balaban J connectivity index is 0. The molecule has 3 amide bonds. The first kappa shape index (κ1) is 49.6. The molecule has 0 aliphatic carbocycles. The van der Waals surface area contributed by atoms with Crippen molar-refractivity contribution in [2.45, 2.75) is 87.2 Å². The number of likely N-dealkylation sites (tertiary alicyclic amines) is 2. The quantitative estimate of drug-likeness (QED) is 0.326. The fourth-order valence-corrected chi connectivity index (χ4v) is 5.38. The SMILES string of the molecule is C.C.CC1CC(C(=O)O)CN(C(=O)OCc2ccccc2)C1.CC1CC(NC(=O)OC(C)(C)C)CN(C(=O)OCc2ccccc2)C1.O=C=O.O=C=O. The molecule has 0 radical (unpaired) electrons. The summed E-state index contributed by atoms with van der Waals surface area (Å²) in [5, 5.41) is 11.9. The van der Waals surface area contributed by atoms with E-state index in [1.807, 2.05) is 88.4 Å². The summed E-state index contributed by atoms with van der Waals surface area (Å²) in [6.45, 7) is 11.8. The maximum absolute atomic E-state index is 12.3. The van der Waals surface area contributed by atoms with Gasteiger partial charge in [0.25, 0.3) is 0 Å². The van der Waals surface area contributed by atoms with E-state index in [1.54, 1.807) is 4.90 Å². The van der Waals surface area contributed by atoms with Crippen LogP contribution in [0.2, 0.25) is 0 Å². The highest BCUT2D eigenvalue weighted by atomic mass is 16.6. The van der Waals surface area contributed by atoms with Gasteiger partial charge in [0.2, 0.25) is 0 Å². The largest absolute Gasteiger partial charge is 0.481 e. The molecule has 2 aromatic rings. The minimum Gasteiger partial charge on any atom is -0.481 e. The normalized spacial score (nSPS) is 18.5. The number of carbonyl (C=O) groups excluding carboxylic acids is 7. The van der Waals surface area contributed by atoms with Gasteiger partial charge in [0.15, 0.2) is 0 Å². The maximum atomic E-state index is 12.3. The van der Waals surface area contributed by atoms with E-state index in [0.717, 1.165) is 17.5 Å². The Hall–Kier alpha value is -5.52. The van der Waals surface area contributed by atoms with Crippen molar-refractivity contribution in [3.63, 3.8) is 0 Å². The minimum atomic E-state index is -0.850. The Labute approximate surface area is 311 Å². The van der Waals surface area contributed by atoms with E-state index in [2.05, 4.69) is 12.2 Å². The Bertz CT molecular complexity index is 1430. The van der Waals surface area contributed by atoms with Gasteiger partial charge in [-0.2, -0.15) is 19.2 Å². The summed E-state index contributed by atoms with van der Waals surface area (Å²) in [7, 11) is 0. The fraction of sp³-hybridized carbons (Fsp3) is 0.526. The molecule has 4 unspecified atom stereocenters. The van der Waals surface area contributed by atoms with Crippen LogP contribution in [0.4, 0.5) is 14.4 Å². The number of hydrogen-bond donors (Lipinski definition) is 2. The van der Waals surface area contributed by atoms with Gasteiger partial charge < -0.3 is 34.4 Å². The van der Waals surface area contributed by atoms with E-state index in [9.17, 15) is 19.2 Å². The Morgan fingerprint density at radius 3 is 1.51 bits per heavy atom. The molecule has 2 N–H and O–H groups in total. The number of aliphatic carboxylic acids is 1. The molecule has 4 rings (SSSR count). The van der Waals surface area contributed by atoms with Crippen LogP contribution in [-0.4, -0.2) is 89.3 Å². The van der Waals surface area contributed by atoms with E-state index in [-0.39, 0.29) is 70.9 Å². The van der Waals surface area contributed by atoms with Crippen LogP contribution in [0.15, 0.2) is 60.7 Å². The number of benzene rings is 2. The van der Waals surface area contributed by atoms with Gasteiger partial charge in [-0.05, 0) is 56.6 Å². The van der Waals surface area contributed by atoms with Gasteiger partial charge in [-0.25, -0.2) is 14.4 Å². The van der Waals surface area contributed by atoms with Crippen molar-refractivity contribution >= 4 is 36.6 Å². The fourth-order valence-electron chi connectivity index (χ4n) is 5.38. The number of amides is 3. The molecule has 2 aliphatic heterocycles. The van der Waals surface area contributed by atoms with Gasteiger partial charge in [-0.1, -0.05) is 89.4 Å². The highest BCUT2D eigenvalue weighted by Gasteiger charge is 2.33. The second-order valence-corrected chi connectivity index (χ2v) is 13.1. The van der Waals surface area contributed by atoms with Crippen molar-refractivity contribution in [3.05, 3.63) is 71.8 Å². The van der Waals surface area contributed by atoms with E-state index >= 15 is 0 Å². The predicted molar refractivity (Wildman–Crippen MR) is 192 cm³/mol. The third-order valence-electron chi connectivity index (χ3n) is 7.32. The van der Waals surface area contributed by atoms with Gasteiger partial charge in [0.1, 0.15) is 18.8 Å². The maximum Gasteiger partial charge on any atom is 0.410 e. The minimum absolute atomic E-state index is 0. The lowest BCUT2D eigenvalue weighted by Crippen LogP contribution is -2.52. The number of carboxylic acids is 1. The molecule has 0 saturated carbocycles. The van der Waals surface area contributed by atoms with Gasteiger partial charge in [-0.3, -0.25) is 4.79 Å². The van der Waals surface area contributed by atoms with Crippen LogP contribution < -0.4 is 5.32 Å². The highest BCUT2D eigenvalue weighted by Crippen LogP contribution is 2.23. The van der Waals surface area contributed by atoms with Crippen LogP contribution >= 0.6 is 0 Å². The van der Waals surface area contributed by atoms with Crippen LogP contribution in [0, 0.1) is 17.8 Å². The molecule has 15 heteroatoms. The molecule has 4 atom stereocenters. The first-order valence-electron chi connectivity index (χ1n) is 16.2. The molecule has 53 heavy (non-hydrogen) atoms. The molecule has 2 saturated heterocycles. The van der Waals surface area contributed by atoms with Crippen LogP contribution in [-0.2, 0) is 51.4 Å². The topological polar surface area (TPSA) is 203 Å². The van der Waals surface area contributed by atoms with E-state index in [0.29, 0.717) is 26.1 Å². The average molecular weight is 746 g/mol. The van der Waals surface area contributed by atoms with Crippen LogP contribution in [0.5, 0.6) is 0 Å². The third kappa shape index (κ3) is 21.4. The Morgan fingerprint density at radius 2 is 1.11 bits per heavy atom. The number of rotatable bonds is 6. The molecule has 2 heterocycles. The van der Waals surface area contributed by atoms with Crippen LogP contribution in [0.25, 0.3) is 0 Å². The summed E-state index contributed by atoms with van der Waals surface area (Å²) < 4.78 is 15.9. The lowest BCUT2D eigenvalue weighted by molar-refractivity contribution is -0.193. The van der Waals surface area contributed by atoms with Crippen molar-refractivity contribution in [1.82, 2.24) is 15.1 Å². The van der Waals surface area contributed by atoms with Crippen molar-refractivity contribution < 1.29 is 57.7 Å². The zero-order valence-electron chi connectivity index (χ0n) is 29.6. The summed E-state index contributed by atoms with van der Waals surface area (Å²) >= 11 is 0. The molecule has 0 bridgehead atoms. The summed E-state index contributed by atoms with van der Waals surface area (Å²) in [6, 6.07) is 18.9. The number of ether oxygens (including phenoxy) is 3. The predicted octanol–water partition coefficient (Wildman–Crippen LogP) is 6.03. The first-order valence-corrected chi connectivity index (χ1v) is 16.2. The van der Waals surface area contributed by atoms with Gasteiger partial charge >= 0.3 is 36.6 Å². The summed E-state index contributed by atoms with van der Waals surface area (Å²) in [5.74, 6) is -0.896. The zero-order valence-corrected chi connectivity index (χ0v) is 29.6. The number of hydrogen-bond acceptors (Lipinski definition) is 11. The van der Waals surface area contributed by atoms with Crippen molar-refractivity contribution in [1.29, 1.82) is 0 Å². The summed E-state index contributed by atoms with van der Waals surface area (Å²) in [5.41, 5.74) is 1.32. The Morgan fingerprint density at radius 1 is 0.717 bits per heavy atom. The van der Waals surface area contributed by atoms with E-state index < -0.39 is 29.7 Å². The third-order valence-corrected chi connectivity index (χ3v) is 7.32. The molecule has 2 fully saturated rings. The lowest BCUT2D eigenvalue weighted by atomic mass is 9.91. The summed E-state index contributed by atoms with van der Waals surface area (Å²) in [6.07, 6.45) is 0.668. The van der Waals surface area contributed by atoms with Crippen molar-refractivity contribution in [2.24, 2.45) is 17.8 Å². The number of nitrogens with zero attached hydrogens (tertiary/aromatic N) is 2. The number of carboxylic acid groups (broad SMARTS) is 1. The second-order valence-electron chi connectivity index (χ2n) is 13.1. The van der Waals surface area contributed by atoms with Crippen molar-refractivity contribution in [3.8, 4) is 0 Å². The smallest absolute Gasteiger partial charge is 0.410 e. The molecule has 2 aromatic carbocycles. The monoisotopic (exact) mass is 745 g/mol. The number of carbonyl (C=O) groups is 4. The average Bonchev–Trinajstić information content (AvgIpc) is 3.06. The number of piperidine rings is 2. The number of nitrogens with one attached hydrogen (secondary N) is 1. The van der Waals surface area contributed by atoms with Crippen LogP contribution in [0.3, 0.4) is 0 Å².